The van der Waals surface area contributed by atoms with Crippen molar-refractivity contribution in [3.05, 3.63) is 52.8 Å². The first-order valence-corrected chi connectivity index (χ1v) is 12.2. The molecule has 4 nitrogen and oxygen atoms in total. The number of allylic oxidation sites excluding steroid dienone is 3. The Kier molecular flexibility index (Phi) is 10.3. The van der Waals surface area contributed by atoms with E-state index in [4.69, 9.17) is 16.3 Å². The van der Waals surface area contributed by atoms with Gasteiger partial charge in [0.05, 0.1) is 18.0 Å². The summed E-state index contributed by atoms with van der Waals surface area (Å²) in [7, 11) is 1.64. The number of carboxylic acids is 1. The number of carboxylic acid groups (broad SMARTS) is 1. The molecule has 3 atom stereocenters. The molecule has 1 N–H and O–H groups in total. The van der Waals surface area contributed by atoms with Gasteiger partial charge in [-0.3, -0.25) is 4.79 Å². The molecule has 2 aromatic rings. The van der Waals surface area contributed by atoms with E-state index in [-0.39, 0.29) is 29.6 Å². The zero-order valence-electron chi connectivity index (χ0n) is 19.4. The van der Waals surface area contributed by atoms with Gasteiger partial charge in [-0.2, -0.15) is 0 Å². The number of thioether (sulfide) groups is 1. The molecule has 1 aliphatic heterocycles. The molecule has 0 saturated carbocycles. The lowest BCUT2D eigenvalue weighted by molar-refractivity contribution is -0.137. The third-order valence-corrected chi connectivity index (χ3v) is 6.65. The number of aliphatic carboxylic acids is 1. The van der Waals surface area contributed by atoms with Crippen molar-refractivity contribution in [2.75, 3.05) is 7.11 Å². The maximum Gasteiger partial charge on any atom is 0.304 e. The van der Waals surface area contributed by atoms with Gasteiger partial charge in [0.2, 0.25) is 0 Å². The summed E-state index contributed by atoms with van der Waals surface area (Å²) >= 11 is 7.07. The van der Waals surface area contributed by atoms with Crippen molar-refractivity contribution in [1.29, 1.82) is 0 Å². The molecule has 1 aliphatic rings. The molecule has 2 heterocycles. The van der Waals surface area contributed by atoms with E-state index in [2.05, 4.69) is 4.57 Å². The number of ether oxygens (including phenoxy) is 1. The van der Waals surface area contributed by atoms with Crippen LogP contribution in [0.5, 0.6) is 0 Å². The van der Waals surface area contributed by atoms with Gasteiger partial charge in [-0.25, -0.2) is 4.39 Å². The number of aromatic nitrogens is 1. The molecule has 0 saturated heterocycles. The average Bonchev–Trinajstić information content (AvgIpc) is 3.26. The number of hydrogen-bond acceptors (Lipinski definition) is 3. The van der Waals surface area contributed by atoms with Crippen LogP contribution < -0.4 is 0 Å². The number of nitrogens with zero attached hydrogens (tertiary/aromatic N) is 1. The van der Waals surface area contributed by atoms with E-state index >= 15 is 0 Å². The Hall–Kier alpha value is -1.76. The molecule has 0 spiro atoms. The van der Waals surface area contributed by atoms with Crippen molar-refractivity contribution in [2.24, 2.45) is 0 Å². The lowest BCUT2D eigenvalue weighted by Gasteiger charge is -2.17. The average molecular weight is 482 g/mol. The van der Waals surface area contributed by atoms with Crippen molar-refractivity contribution in [3.63, 3.8) is 0 Å². The molecular weight excluding hydrogens is 449 g/mol. The number of fused-ring (bicyclic) bond motifs is 3. The quantitative estimate of drug-likeness (QED) is 0.239. The summed E-state index contributed by atoms with van der Waals surface area (Å²) in [5.41, 5.74) is 2.70. The Balaban J connectivity index is 0.000000534. The second-order valence-corrected chi connectivity index (χ2v) is 9.37. The first kappa shape index (κ1) is 26.5. The van der Waals surface area contributed by atoms with Crippen molar-refractivity contribution < 1.29 is 19.0 Å². The van der Waals surface area contributed by atoms with Crippen LogP contribution in [0.15, 0.2) is 40.7 Å². The van der Waals surface area contributed by atoms with Gasteiger partial charge >= 0.3 is 5.97 Å². The van der Waals surface area contributed by atoms with E-state index in [0.29, 0.717) is 6.54 Å². The van der Waals surface area contributed by atoms with Crippen LogP contribution in [0, 0.1) is 5.82 Å². The fraction of sp³-hybridized carbons (Fsp3) is 0.480. The highest BCUT2D eigenvalue weighted by Crippen LogP contribution is 2.47. The van der Waals surface area contributed by atoms with Crippen molar-refractivity contribution in [2.45, 2.75) is 75.8 Å². The molecule has 1 aromatic carbocycles. The smallest absolute Gasteiger partial charge is 0.304 e. The molecule has 0 amide bonds. The molecule has 0 bridgehead atoms. The minimum Gasteiger partial charge on any atom is -0.481 e. The molecular formula is C25H33ClFNO3S. The number of methoxy groups -OCH3 is 1. The van der Waals surface area contributed by atoms with Crippen molar-refractivity contribution >= 4 is 40.2 Å². The van der Waals surface area contributed by atoms with Gasteiger partial charge < -0.3 is 14.4 Å². The predicted octanol–water partition coefficient (Wildman–Crippen LogP) is 7.66. The minimum atomic E-state index is -0.801. The second-order valence-electron chi connectivity index (χ2n) is 7.76. The van der Waals surface area contributed by atoms with Crippen LogP contribution in [0.2, 0.25) is 0 Å². The zero-order chi connectivity index (χ0) is 23.8. The van der Waals surface area contributed by atoms with Crippen LogP contribution in [-0.2, 0) is 16.1 Å². The van der Waals surface area contributed by atoms with Gasteiger partial charge in [0, 0.05) is 40.9 Å². The van der Waals surface area contributed by atoms with Gasteiger partial charge in [0.15, 0.2) is 0 Å². The largest absolute Gasteiger partial charge is 0.481 e. The molecule has 0 fully saturated rings. The Bertz CT molecular complexity index is 979. The fourth-order valence-electron chi connectivity index (χ4n) is 4.22. The topological polar surface area (TPSA) is 51.5 Å². The number of rotatable bonds is 8. The lowest BCUT2D eigenvalue weighted by atomic mass is 9.97. The number of hydrogen-bond donors (Lipinski definition) is 1. The predicted molar refractivity (Wildman–Crippen MR) is 132 cm³/mol. The Morgan fingerprint density at radius 3 is 2.62 bits per heavy atom. The number of benzene rings is 1. The van der Waals surface area contributed by atoms with Crippen molar-refractivity contribution in [1.82, 2.24) is 4.57 Å². The van der Waals surface area contributed by atoms with Gasteiger partial charge in [0.25, 0.3) is 0 Å². The normalized spacial score (nSPS) is 17.5. The highest BCUT2D eigenvalue weighted by Gasteiger charge is 2.33. The van der Waals surface area contributed by atoms with E-state index < -0.39 is 5.97 Å². The summed E-state index contributed by atoms with van der Waals surface area (Å²) in [6, 6.07) is 3.12. The second kappa shape index (κ2) is 12.5. The van der Waals surface area contributed by atoms with E-state index in [1.54, 1.807) is 31.0 Å². The summed E-state index contributed by atoms with van der Waals surface area (Å²) in [5, 5.41) is 12.5. The number of alkyl halides is 1. The third-order valence-electron chi connectivity index (χ3n) is 5.44. The Labute approximate surface area is 199 Å². The molecule has 0 aliphatic carbocycles. The summed E-state index contributed by atoms with van der Waals surface area (Å²) in [4.78, 5) is 12.4. The zero-order valence-corrected chi connectivity index (χ0v) is 21.0. The summed E-state index contributed by atoms with van der Waals surface area (Å²) < 4.78 is 22.1. The number of halogens is 2. The van der Waals surface area contributed by atoms with E-state index in [1.807, 2.05) is 51.3 Å². The van der Waals surface area contributed by atoms with Crippen molar-refractivity contribution in [3.8, 4) is 0 Å². The van der Waals surface area contributed by atoms with Crippen LogP contribution in [0.1, 0.15) is 70.2 Å². The van der Waals surface area contributed by atoms with Crippen LogP contribution in [0.3, 0.4) is 0 Å². The molecule has 32 heavy (non-hydrogen) atoms. The first-order chi connectivity index (χ1) is 15.3. The molecule has 176 valence electrons. The lowest BCUT2D eigenvalue weighted by Crippen LogP contribution is -2.04. The number of carbonyl (C=O) groups is 1. The molecule has 3 rings (SSSR count). The van der Waals surface area contributed by atoms with Gasteiger partial charge in [-0.15, -0.1) is 11.6 Å². The highest BCUT2D eigenvalue weighted by molar-refractivity contribution is 8.02. The molecule has 0 radical (unpaired) electrons. The highest BCUT2D eigenvalue weighted by atomic mass is 35.5. The number of aryl methyl sites for hydroxylation is 1. The maximum atomic E-state index is 14.4. The van der Waals surface area contributed by atoms with Gasteiger partial charge in [-0.1, -0.05) is 36.9 Å². The SMILES string of the molecule is C/C=C/Sc1c2n(c3cc(F)cc(C(CC)OC)c13)CCC2CC(=O)O.C/C=C\C(C)Cl. The van der Waals surface area contributed by atoms with Crippen LogP contribution in [-0.4, -0.2) is 28.1 Å². The maximum absolute atomic E-state index is 14.4. The summed E-state index contributed by atoms with van der Waals surface area (Å²) in [6.07, 6.45) is 7.24. The molecule has 7 heteroatoms. The van der Waals surface area contributed by atoms with E-state index in [0.717, 1.165) is 39.9 Å². The summed E-state index contributed by atoms with van der Waals surface area (Å²) in [6.45, 7) is 8.57. The van der Waals surface area contributed by atoms with Gasteiger partial charge in [-0.05, 0) is 56.7 Å². The standard InChI is InChI=1S/C20H24FNO3S.C5H9Cl/c1-4-8-26-20-18-14(16(5-2)25-3)10-13(21)11-15(18)22-7-6-12(19(20)22)9-17(23)24;1-3-4-5(2)6/h4,8,10-12,16H,5-7,9H2,1-3H3,(H,23,24);3-5H,1-2H3/b8-4+;4-3-. The fourth-order valence-corrected chi connectivity index (χ4v) is 5.38. The van der Waals surface area contributed by atoms with Crippen LogP contribution >= 0.6 is 23.4 Å². The van der Waals surface area contributed by atoms with E-state index in [9.17, 15) is 14.3 Å². The third kappa shape index (κ3) is 6.18. The Morgan fingerprint density at radius 2 is 2.12 bits per heavy atom. The van der Waals surface area contributed by atoms with Crippen LogP contribution in [0.25, 0.3) is 10.9 Å². The Morgan fingerprint density at radius 1 is 1.41 bits per heavy atom. The van der Waals surface area contributed by atoms with Gasteiger partial charge in [0.1, 0.15) is 5.82 Å². The molecule has 1 aromatic heterocycles. The van der Waals surface area contributed by atoms with E-state index in [1.165, 1.54) is 0 Å². The molecule has 3 unspecified atom stereocenters. The summed E-state index contributed by atoms with van der Waals surface area (Å²) in [5.74, 6) is -1.14. The monoisotopic (exact) mass is 481 g/mol. The van der Waals surface area contributed by atoms with Crippen LogP contribution in [0.4, 0.5) is 4.39 Å². The first-order valence-electron chi connectivity index (χ1n) is 10.9. The minimum absolute atomic E-state index is 0.0498.